The van der Waals surface area contributed by atoms with Crippen LogP contribution in [0.5, 0.6) is 0 Å². The van der Waals surface area contributed by atoms with Gasteiger partial charge < -0.3 is 20.9 Å². The summed E-state index contributed by atoms with van der Waals surface area (Å²) in [4.78, 5) is 8.39. The number of aryl methyl sites for hydroxylation is 2. The molecule has 0 aliphatic rings. The van der Waals surface area contributed by atoms with E-state index in [0.29, 0.717) is 28.9 Å². The van der Waals surface area contributed by atoms with Crippen molar-refractivity contribution in [3.05, 3.63) is 48.0 Å². The van der Waals surface area contributed by atoms with Crippen molar-refractivity contribution in [1.82, 2.24) is 15.1 Å². The molecular weight excluding hydrogens is 316 g/mol. The SMILES string of the molecule is CCCCc1ccc(Nc2ncnc(Nc3cc(C)on3)c2N)cc1. The van der Waals surface area contributed by atoms with Gasteiger partial charge in [0.05, 0.1) is 0 Å². The zero-order chi connectivity index (χ0) is 17.6. The molecule has 1 aromatic carbocycles. The highest BCUT2D eigenvalue weighted by Crippen LogP contribution is 2.28. The zero-order valence-corrected chi connectivity index (χ0v) is 14.4. The molecule has 0 saturated carbocycles. The molecule has 25 heavy (non-hydrogen) atoms. The minimum Gasteiger partial charge on any atom is -0.393 e. The first-order valence-electron chi connectivity index (χ1n) is 8.32. The summed E-state index contributed by atoms with van der Waals surface area (Å²) in [5.74, 6) is 2.27. The summed E-state index contributed by atoms with van der Waals surface area (Å²) in [6.45, 7) is 4.01. The fourth-order valence-corrected chi connectivity index (χ4v) is 2.41. The van der Waals surface area contributed by atoms with Crippen molar-refractivity contribution in [2.75, 3.05) is 16.4 Å². The Morgan fingerprint density at radius 1 is 1.08 bits per heavy atom. The number of unbranched alkanes of at least 4 members (excludes halogenated alkanes) is 1. The van der Waals surface area contributed by atoms with E-state index in [2.05, 4.69) is 44.8 Å². The highest BCUT2D eigenvalue weighted by molar-refractivity contribution is 5.79. The van der Waals surface area contributed by atoms with Gasteiger partial charge in [0, 0.05) is 11.8 Å². The second-order valence-corrected chi connectivity index (χ2v) is 5.86. The van der Waals surface area contributed by atoms with E-state index in [4.69, 9.17) is 10.3 Å². The van der Waals surface area contributed by atoms with Crippen LogP contribution >= 0.6 is 0 Å². The fraction of sp³-hybridized carbons (Fsp3) is 0.278. The molecule has 130 valence electrons. The minimum absolute atomic E-state index is 0.415. The maximum absolute atomic E-state index is 6.17. The molecule has 0 aliphatic carbocycles. The summed E-state index contributed by atoms with van der Waals surface area (Å²) < 4.78 is 5.03. The Kier molecular flexibility index (Phi) is 5.13. The third kappa shape index (κ3) is 4.26. The van der Waals surface area contributed by atoms with Crippen LogP contribution in [0.4, 0.5) is 28.8 Å². The number of hydrogen-bond acceptors (Lipinski definition) is 7. The number of nitrogens with two attached hydrogens (primary N) is 1. The van der Waals surface area contributed by atoms with E-state index in [-0.39, 0.29) is 0 Å². The van der Waals surface area contributed by atoms with Crippen LogP contribution in [0.1, 0.15) is 31.1 Å². The molecule has 3 rings (SSSR count). The molecule has 0 amide bonds. The summed E-state index contributed by atoms with van der Waals surface area (Å²) in [6, 6.07) is 10.1. The first-order chi connectivity index (χ1) is 12.2. The van der Waals surface area contributed by atoms with Gasteiger partial charge in [-0.15, -0.1) is 0 Å². The van der Waals surface area contributed by atoms with Crippen molar-refractivity contribution < 1.29 is 4.52 Å². The average Bonchev–Trinajstić information content (AvgIpc) is 3.03. The van der Waals surface area contributed by atoms with Crippen molar-refractivity contribution >= 4 is 28.8 Å². The third-order valence-electron chi connectivity index (χ3n) is 3.79. The van der Waals surface area contributed by atoms with Gasteiger partial charge in [0.2, 0.25) is 0 Å². The van der Waals surface area contributed by atoms with Crippen molar-refractivity contribution in [3.8, 4) is 0 Å². The molecule has 0 saturated heterocycles. The van der Waals surface area contributed by atoms with Gasteiger partial charge in [0.25, 0.3) is 0 Å². The Hall–Kier alpha value is -3.09. The molecule has 0 fully saturated rings. The van der Waals surface area contributed by atoms with Crippen molar-refractivity contribution in [1.29, 1.82) is 0 Å². The summed E-state index contributed by atoms with van der Waals surface area (Å²) in [5.41, 5.74) is 8.84. The van der Waals surface area contributed by atoms with Crippen LogP contribution in [-0.2, 0) is 6.42 Å². The van der Waals surface area contributed by atoms with E-state index in [9.17, 15) is 0 Å². The molecule has 2 aromatic heterocycles. The predicted octanol–water partition coefficient (Wildman–Crippen LogP) is 4.19. The number of nitrogens with zero attached hydrogens (tertiary/aromatic N) is 3. The molecule has 0 bridgehead atoms. The molecule has 0 radical (unpaired) electrons. The van der Waals surface area contributed by atoms with Crippen LogP contribution in [-0.4, -0.2) is 15.1 Å². The van der Waals surface area contributed by atoms with Crippen molar-refractivity contribution in [3.63, 3.8) is 0 Å². The normalized spacial score (nSPS) is 10.6. The van der Waals surface area contributed by atoms with Crippen LogP contribution in [0.2, 0.25) is 0 Å². The third-order valence-corrected chi connectivity index (χ3v) is 3.79. The van der Waals surface area contributed by atoms with Gasteiger partial charge in [0.1, 0.15) is 17.8 Å². The van der Waals surface area contributed by atoms with Crippen LogP contribution in [0, 0.1) is 6.92 Å². The number of rotatable bonds is 7. The number of nitrogen functional groups attached to an aromatic ring is 1. The number of hydrogen-bond donors (Lipinski definition) is 3. The first-order valence-corrected chi connectivity index (χ1v) is 8.32. The second kappa shape index (κ2) is 7.65. The minimum atomic E-state index is 0.415. The van der Waals surface area contributed by atoms with E-state index in [1.54, 1.807) is 6.07 Å². The average molecular weight is 338 g/mol. The molecule has 7 nitrogen and oxygen atoms in total. The molecule has 0 spiro atoms. The molecular formula is C18H22N6O. The molecule has 0 unspecified atom stereocenters. The molecule has 0 aliphatic heterocycles. The van der Waals surface area contributed by atoms with Gasteiger partial charge >= 0.3 is 0 Å². The topological polar surface area (TPSA) is 102 Å². The highest BCUT2D eigenvalue weighted by Gasteiger charge is 2.10. The summed E-state index contributed by atoms with van der Waals surface area (Å²) >= 11 is 0. The smallest absolute Gasteiger partial charge is 0.175 e. The number of nitrogens with one attached hydrogen (secondary N) is 2. The maximum Gasteiger partial charge on any atom is 0.175 e. The molecule has 7 heteroatoms. The molecule has 3 aromatic rings. The largest absolute Gasteiger partial charge is 0.393 e. The van der Waals surface area contributed by atoms with Gasteiger partial charge in [0.15, 0.2) is 17.5 Å². The van der Waals surface area contributed by atoms with Crippen LogP contribution in [0.15, 0.2) is 41.2 Å². The number of aromatic nitrogens is 3. The standard InChI is InChI=1S/C18H22N6O/c1-3-4-5-13-6-8-14(9-7-13)22-17-16(19)18(21-11-20-17)23-15-10-12(2)25-24-15/h6-11H,3-5,19H2,1-2H3,(H2,20,21,22,23,24). The maximum atomic E-state index is 6.17. The zero-order valence-electron chi connectivity index (χ0n) is 14.4. The Bertz CT molecular complexity index is 828. The van der Waals surface area contributed by atoms with E-state index in [1.807, 2.05) is 19.1 Å². The number of anilines is 5. The van der Waals surface area contributed by atoms with Gasteiger partial charge in [-0.25, -0.2) is 9.97 Å². The van der Waals surface area contributed by atoms with Crippen molar-refractivity contribution in [2.24, 2.45) is 0 Å². The lowest BCUT2D eigenvalue weighted by atomic mass is 10.1. The predicted molar refractivity (Wildman–Crippen MR) is 99.3 cm³/mol. The Labute approximate surface area is 146 Å². The van der Waals surface area contributed by atoms with Crippen molar-refractivity contribution in [2.45, 2.75) is 33.1 Å². The lowest BCUT2D eigenvalue weighted by Gasteiger charge is -2.11. The van der Waals surface area contributed by atoms with Gasteiger partial charge in [-0.2, -0.15) is 0 Å². The Balaban J connectivity index is 1.73. The Morgan fingerprint density at radius 3 is 2.44 bits per heavy atom. The first kappa shape index (κ1) is 16.8. The summed E-state index contributed by atoms with van der Waals surface area (Å²) in [7, 11) is 0. The lowest BCUT2D eigenvalue weighted by molar-refractivity contribution is 0.400. The summed E-state index contributed by atoms with van der Waals surface area (Å²) in [5, 5.41) is 10.1. The van der Waals surface area contributed by atoms with Crippen LogP contribution < -0.4 is 16.4 Å². The number of benzene rings is 1. The fourth-order valence-electron chi connectivity index (χ4n) is 2.41. The monoisotopic (exact) mass is 338 g/mol. The second-order valence-electron chi connectivity index (χ2n) is 5.86. The Morgan fingerprint density at radius 2 is 1.80 bits per heavy atom. The van der Waals surface area contributed by atoms with Gasteiger partial charge in [-0.3, -0.25) is 0 Å². The van der Waals surface area contributed by atoms with Gasteiger partial charge in [-0.1, -0.05) is 30.6 Å². The quantitative estimate of drug-likeness (QED) is 0.593. The van der Waals surface area contributed by atoms with Crippen LogP contribution in [0.3, 0.4) is 0 Å². The van der Waals surface area contributed by atoms with E-state index in [1.165, 1.54) is 24.7 Å². The highest BCUT2D eigenvalue weighted by atomic mass is 16.5. The van der Waals surface area contributed by atoms with Crippen LogP contribution in [0.25, 0.3) is 0 Å². The van der Waals surface area contributed by atoms with E-state index < -0.39 is 0 Å². The van der Waals surface area contributed by atoms with E-state index in [0.717, 1.165) is 12.1 Å². The molecule has 4 N–H and O–H groups in total. The lowest BCUT2D eigenvalue weighted by Crippen LogP contribution is -2.05. The molecule has 0 atom stereocenters. The summed E-state index contributed by atoms with van der Waals surface area (Å²) in [6.07, 6.45) is 4.93. The van der Waals surface area contributed by atoms with E-state index >= 15 is 0 Å². The van der Waals surface area contributed by atoms with Gasteiger partial charge in [-0.05, 0) is 37.5 Å². The molecule has 2 heterocycles.